The van der Waals surface area contributed by atoms with Gasteiger partial charge < -0.3 is 4.74 Å². The Bertz CT molecular complexity index is 784. The molecule has 1 fully saturated rings. The predicted octanol–water partition coefficient (Wildman–Crippen LogP) is 3.64. The second kappa shape index (κ2) is 9.01. The van der Waals surface area contributed by atoms with Crippen LogP contribution in [0.25, 0.3) is 0 Å². The Labute approximate surface area is 158 Å². The van der Waals surface area contributed by atoms with Crippen molar-refractivity contribution in [3.05, 3.63) is 70.8 Å². The smallest absolute Gasteiger partial charge is 0.338 e. The van der Waals surface area contributed by atoms with Crippen molar-refractivity contribution in [3.63, 3.8) is 0 Å². The lowest BCUT2D eigenvalue weighted by Gasteiger charge is -2.26. The molecule has 0 N–H and O–H groups in total. The van der Waals surface area contributed by atoms with E-state index in [0.29, 0.717) is 16.7 Å². The van der Waals surface area contributed by atoms with Crippen molar-refractivity contribution in [3.8, 4) is 0 Å². The standard InChI is InChI=1S/C21H23NO3S/c1-2-25-21(24)19-9-4-3-8-18(19)20(23)17-7-5-6-16(14-17)15-22-10-12-26-13-11-22/h3-9,14H,2,10-13,15H2,1H3. The summed E-state index contributed by atoms with van der Waals surface area (Å²) in [5.74, 6) is 1.71. The van der Waals surface area contributed by atoms with Crippen molar-refractivity contribution in [1.82, 2.24) is 4.90 Å². The van der Waals surface area contributed by atoms with Gasteiger partial charge in [-0.1, -0.05) is 36.4 Å². The first-order chi connectivity index (χ1) is 12.7. The van der Waals surface area contributed by atoms with E-state index < -0.39 is 5.97 Å². The van der Waals surface area contributed by atoms with Crippen LogP contribution in [0.1, 0.15) is 38.8 Å². The highest BCUT2D eigenvalue weighted by Gasteiger charge is 2.19. The van der Waals surface area contributed by atoms with Gasteiger partial charge in [0.2, 0.25) is 0 Å². The van der Waals surface area contributed by atoms with Gasteiger partial charge in [-0.05, 0) is 24.6 Å². The van der Waals surface area contributed by atoms with E-state index in [2.05, 4.69) is 11.0 Å². The molecule has 0 unspecified atom stereocenters. The maximum atomic E-state index is 13.0. The van der Waals surface area contributed by atoms with Gasteiger partial charge in [0.25, 0.3) is 0 Å². The maximum absolute atomic E-state index is 13.0. The van der Waals surface area contributed by atoms with Gasteiger partial charge >= 0.3 is 5.97 Å². The lowest BCUT2D eigenvalue weighted by atomic mass is 9.97. The number of thioether (sulfide) groups is 1. The molecule has 0 aromatic heterocycles. The van der Waals surface area contributed by atoms with Crippen molar-refractivity contribution >= 4 is 23.5 Å². The summed E-state index contributed by atoms with van der Waals surface area (Å²) in [6.07, 6.45) is 0. The monoisotopic (exact) mass is 369 g/mol. The zero-order chi connectivity index (χ0) is 18.4. The Morgan fingerprint density at radius 3 is 2.50 bits per heavy atom. The third kappa shape index (κ3) is 4.54. The molecular formula is C21H23NO3S. The number of ketones is 1. The molecule has 136 valence electrons. The molecule has 0 saturated carbocycles. The minimum absolute atomic E-state index is 0.148. The molecule has 0 aliphatic carbocycles. The molecule has 0 amide bonds. The first-order valence-corrected chi connectivity index (χ1v) is 10.0. The van der Waals surface area contributed by atoms with Gasteiger partial charge in [-0.25, -0.2) is 4.79 Å². The van der Waals surface area contributed by atoms with E-state index in [1.165, 1.54) is 0 Å². The van der Waals surface area contributed by atoms with E-state index in [9.17, 15) is 9.59 Å². The highest BCUT2D eigenvalue weighted by atomic mass is 32.2. The predicted molar refractivity (Wildman–Crippen MR) is 105 cm³/mol. The number of rotatable bonds is 6. The van der Waals surface area contributed by atoms with Crippen LogP contribution in [0.4, 0.5) is 0 Å². The Morgan fingerprint density at radius 2 is 1.77 bits per heavy atom. The molecule has 1 heterocycles. The molecule has 0 bridgehead atoms. The fraction of sp³-hybridized carbons (Fsp3) is 0.333. The molecular weight excluding hydrogens is 346 g/mol. The Hall–Kier alpha value is -2.11. The van der Waals surface area contributed by atoms with Gasteiger partial charge in [-0.3, -0.25) is 9.69 Å². The summed E-state index contributed by atoms with van der Waals surface area (Å²) in [5, 5.41) is 0. The topological polar surface area (TPSA) is 46.6 Å². The number of carbonyl (C=O) groups excluding carboxylic acids is 2. The van der Waals surface area contributed by atoms with Crippen LogP contribution in [0, 0.1) is 0 Å². The minimum atomic E-state index is -0.460. The molecule has 2 aromatic rings. The summed E-state index contributed by atoms with van der Waals surface area (Å²) in [6, 6.07) is 14.5. The van der Waals surface area contributed by atoms with Gasteiger partial charge in [0.15, 0.2) is 5.78 Å². The summed E-state index contributed by atoms with van der Waals surface area (Å²) in [7, 11) is 0. The highest BCUT2D eigenvalue weighted by molar-refractivity contribution is 7.99. The van der Waals surface area contributed by atoms with Gasteiger partial charge in [0.1, 0.15) is 0 Å². The summed E-state index contributed by atoms with van der Waals surface area (Å²) >= 11 is 1.98. The molecule has 4 nitrogen and oxygen atoms in total. The normalized spacial score (nSPS) is 14.8. The molecule has 1 saturated heterocycles. The van der Waals surface area contributed by atoms with E-state index in [0.717, 1.165) is 36.7 Å². The van der Waals surface area contributed by atoms with Crippen LogP contribution in [0.15, 0.2) is 48.5 Å². The van der Waals surface area contributed by atoms with E-state index in [1.807, 2.05) is 23.9 Å². The molecule has 2 aromatic carbocycles. The van der Waals surface area contributed by atoms with E-state index >= 15 is 0 Å². The van der Waals surface area contributed by atoms with E-state index in [-0.39, 0.29) is 12.4 Å². The number of nitrogens with zero attached hydrogens (tertiary/aromatic N) is 1. The van der Waals surface area contributed by atoms with Gasteiger partial charge in [-0.2, -0.15) is 11.8 Å². The lowest BCUT2D eigenvalue weighted by molar-refractivity contribution is 0.0523. The average molecular weight is 369 g/mol. The van der Waals surface area contributed by atoms with Crippen LogP contribution >= 0.6 is 11.8 Å². The van der Waals surface area contributed by atoms with Gasteiger partial charge in [0.05, 0.1) is 12.2 Å². The molecule has 26 heavy (non-hydrogen) atoms. The second-order valence-electron chi connectivity index (χ2n) is 6.18. The third-order valence-electron chi connectivity index (χ3n) is 4.37. The largest absolute Gasteiger partial charge is 0.462 e. The summed E-state index contributed by atoms with van der Waals surface area (Å²) in [4.78, 5) is 27.6. The highest BCUT2D eigenvalue weighted by Crippen LogP contribution is 2.18. The van der Waals surface area contributed by atoms with Crippen molar-refractivity contribution in [1.29, 1.82) is 0 Å². The SMILES string of the molecule is CCOC(=O)c1ccccc1C(=O)c1cccc(CN2CCSCC2)c1. The fourth-order valence-electron chi connectivity index (χ4n) is 3.05. The van der Waals surface area contributed by atoms with E-state index in [4.69, 9.17) is 4.74 Å². The quantitative estimate of drug-likeness (QED) is 0.575. The number of hydrogen-bond acceptors (Lipinski definition) is 5. The van der Waals surface area contributed by atoms with Crippen molar-refractivity contribution in [2.45, 2.75) is 13.5 Å². The summed E-state index contributed by atoms with van der Waals surface area (Å²) in [5.41, 5.74) is 2.43. The lowest BCUT2D eigenvalue weighted by Crippen LogP contribution is -2.32. The third-order valence-corrected chi connectivity index (χ3v) is 5.31. The van der Waals surface area contributed by atoms with Crippen LogP contribution in [-0.2, 0) is 11.3 Å². The van der Waals surface area contributed by atoms with Crippen LogP contribution in [0.3, 0.4) is 0 Å². The maximum Gasteiger partial charge on any atom is 0.338 e. The summed E-state index contributed by atoms with van der Waals surface area (Å²) in [6.45, 7) is 5.04. The molecule has 0 radical (unpaired) electrons. The number of benzene rings is 2. The van der Waals surface area contributed by atoms with Crippen molar-refractivity contribution < 1.29 is 14.3 Å². The Balaban J connectivity index is 1.82. The van der Waals surface area contributed by atoms with Crippen LogP contribution < -0.4 is 0 Å². The molecule has 0 spiro atoms. The van der Waals surface area contributed by atoms with Gasteiger partial charge in [0, 0.05) is 42.3 Å². The molecule has 1 aliphatic heterocycles. The van der Waals surface area contributed by atoms with Crippen molar-refractivity contribution in [2.24, 2.45) is 0 Å². The molecule has 0 atom stereocenters. The number of esters is 1. The summed E-state index contributed by atoms with van der Waals surface area (Å²) < 4.78 is 5.08. The fourth-order valence-corrected chi connectivity index (χ4v) is 4.03. The number of ether oxygens (including phenoxy) is 1. The second-order valence-corrected chi connectivity index (χ2v) is 7.41. The van der Waals surface area contributed by atoms with Crippen LogP contribution in [0.2, 0.25) is 0 Å². The Kier molecular flexibility index (Phi) is 6.47. The number of hydrogen-bond donors (Lipinski definition) is 0. The average Bonchev–Trinajstić information content (AvgIpc) is 2.68. The Morgan fingerprint density at radius 1 is 1.04 bits per heavy atom. The van der Waals surface area contributed by atoms with Gasteiger partial charge in [-0.15, -0.1) is 0 Å². The van der Waals surface area contributed by atoms with Crippen LogP contribution in [0.5, 0.6) is 0 Å². The zero-order valence-electron chi connectivity index (χ0n) is 14.9. The first-order valence-electron chi connectivity index (χ1n) is 8.89. The van der Waals surface area contributed by atoms with E-state index in [1.54, 1.807) is 37.3 Å². The van der Waals surface area contributed by atoms with Crippen molar-refractivity contribution in [2.75, 3.05) is 31.2 Å². The molecule has 3 rings (SSSR count). The molecule has 1 aliphatic rings. The molecule has 5 heteroatoms. The zero-order valence-corrected chi connectivity index (χ0v) is 15.8. The minimum Gasteiger partial charge on any atom is -0.462 e. The van der Waals surface area contributed by atoms with Crippen LogP contribution in [-0.4, -0.2) is 47.9 Å². The number of carbonyl (C=O) groups is 2. The first kappa shape index (κ1) is 18.7.